The third-order valence-electron chi connectivity index (χ3n) is 3.90. The number of amides is 1. The molecule has 7 heteroatoms. The molecule has 1 atom stereocenters. The first-order chi connectivity index (χ1) is 11.7. The maximum Gasteiger partial charge on any atom is 0.229 e. The second-order valence-corrected chi connectivity index (χ2v) is 7.95. The molecule has 3 rings (SSSR count). The van der Waals surface area contributed by atoms with Gasteiger partial charge in [-0.15, -0.1) is 11.3 Å². The quantitative estimate of drug-likeness (QED) is 0.750. The largest absolute Gasteiger partial charge is 0.491 e. The van der Waals surface area contributed by atoms with E-state index in [1.807, 2.05) is 44.4 Å². The number of hydrogen-bond acceptors (Lipinski definition) is 4. The third-order valence-corrected chi connectivity index (χ3v) is 5.31. The van der Waals surface area contributed by atoms with E-state index in [-0.39, 0.29) is 24.4 Å². The number of guanidine groups is 1. The molecule has 2 heterocycles. The number of benzene rings is 1. The van der Waals surface area contributed by atoms with Gasteiger partial charge in [-0.05, 0) is 61.5 Å². The predicted octanol–water partition coefficient (Wildman–Crippen LogP) is 4.12. The second kappa shape index (κ2) is 6.69. The van der Waals surface area contributed by atoms with Gasteiger partial charge in [0.2, 0.25) is 5.91 Å². The lowest BCUT2D eigenvalue weighted by atomic mass is 9.92. The van der Waals surface area contributed by atoms with Crippen molar-refractivity contribution in [2.45, 2.75) is 38.8 Å². The van der Waals surface area contributed by atoms with Crippen LogP contribution < -0.4 is 15.4 Å². The van der Waals surface area contributed by atoms with Crippen LogP contribution in [0.4, 0.5) is 0 Å². The Balaban J connectivity index is 1.92. The van der Waals surface area contributed by atoms with E-state index in [4.69, 9.17) is 21.7 Å². The van der Waals surface area contributed by atoms with Crippen molar-refractivity contribution in [1.82, 2.24) is 10.6 Å². The highest BCUT2D eigenvalue weighted by Gasteiger charge is 2.36. The van der Waals surface area contributed by atoms with Crippen molar-refractivity contribution < 1.29 is 9.53 Å². The van der Waals surface area contributed by atoms with E-state index in [1.54, 1.807) is 17.4 Å². The summed E-state index contributed by atoms with van der Waals surface area (Å²) in [5.74, 6) is 0.606. The Bertz CT molecular complexity index is 815. The van der Waals surface area contributed by atoms with Crippen molar-refractivity contribution >= 4 is 34.8 Å². The Morgan fingerprint density at radius 3 is 2.72 bits per heavy atom. The number of carbonyl (C=O) groups excluding carboxylic acids is 1. The SMILES string of the molecule is CC(C)Oc1cc(Cl)cc(-c2csc([C@]3(C)CC(=O)NC(=N)N3)c2)c1. The van der Waals surface area contributed by atoms with Gasteiger partial charge in [0.1, 0.15) is 5.75 Å². The summed E-state index contributed by atoms with van der Waals surface area (Å²) in [6.07, 6.45) is 0.353. The van der Waals surface area contributed by atoms with E-state index in [2.05, 4.69) is 10.6 Å². The van der Waals surface area contributed by atoms with E-state index in [9.17, 15) is 4.79 Å². The molecule has 1 aromatic carbocycles. The molecule has 5 nitrogen and oxygen atoms in total. The zero-order valence-electron chi connectivity index (χ0n) is 14.3. The average Bonchev–Trinajstić information content (AvgIpc) is 2.94. The van der Waals surface area contributed by atoms with E-state index < -0.39 is 5.54 Å². The first-order valence-electron chi connectivity index (χ1n) is 7.98. The van der Waals surface area contributed by atoms with Crippen LogP contribution in [0.5, 0.6) is 5.75 Å². The molecule has 1 saturated heterocycles. The van der Waals surface area contributed by atoms with Crippen LogP contribution in [-0.4, -0.2) is 18.0 Å². The molecule has 132 valence electrons. The van der Waals surface area contributed by atoms with E-state index in [0.29, 0.717) is 5.02 Å². The number of carbonyl (C=O) groups is 1. The molecular weight excluding hydrogens is 358 g/mol. The van der Waals surface area contributed by atoms with Gasteiger partial charge in [-0.25, -0.2) is 0 Å². The first-order valence-corrected chi connectivity index (χ1v) is 9.24. The molecule has 1 aliphatic heterocycles. The maximum atomic E-state index is 11.8. The van der Waals surface area contributed by atoms with Crippen LogP contribution >= 0.6 is 22.9 Å². The summed E-state index contributed by atoms with van der Waals surface area (Å²) in [6.45, 7) is 5.87. The number of halogens is 1. The first kappa shape index (κ1) is 17.8. The Labute approximate surface area is 155 Å². The van der Waals surface area contributed by atoms with Crippen LogP contribution in [0.25, 0.3) is 11.1 Å². The molecule has 0 aliphatic carbocycles. The summed E-state index contributed by atoms with van der Waals surface area (Å²) >= 11 is 7.79. The number of rotatable bonds is 4. The molecule has 1 amide bonds. The minimum Gasteiger partial charge on any atom is -0.491 e. The zero-order valence-corrected chi connectivity index (χ0v) is 15.8. The molecule has 0 saturated carbocycles. The van der Waals surface area contributed by atoms with Gasteiger partial charge in [0.25, 0.3) is 0 Å². The lowest BCUT2D eigenvalue weighted by Gasteiger charge is -2.34. The van der Waals surface area contributed by atoms with Gasteiger partial charge < -0.3 is 10.1 Å². The van der Waals surface area contributed by atoms with Crippen LogP contribution in [-0.2, 0) is 10.3 Å². The average molecular weight is 378 g/mol. The lowest BCUT2D eigenvalue weighted by Crippen LogP contribution is -2.57. The van der Waals surface area contributed by atoms with Crippen molar-refractivity contribution in [2.75, 3.05) is 0 Å². The minimum atomic E-state index is -0.585. The zero-order chi connectivity index (χ0) is 18.2. The molecule has 1 fully saturated rings. The van der Waals surface area contributed by atoms with Crippen LogP contribution in [0, 0.1) is 5.41 Å². The molecule has 1 aromatic heterocycles. The normalized spacial score (nSPS) is 20.4. The molecule has 25 heavy (non-hydrogen) atoms. The number of ether oxygens (including phenoxy) is 1. The summed E-state index contributed by atoms with van der Waals surface area (Å²) in [5.41, 5.74) is 1.39. The second-order valence-electron chi connectivity index (χ2n) is 6.60. The van der Waals surface area contributed by atoms with E-state index in [0.717, 1.165) is 21.8 Å². The molecular formula is C18H20ClN3O2S. The predicted molar refractivity (Wildman–Crippen MR) is 102 cm³/mol. The fraction of sp³-hybridized carbons (Fsp3) is 0.333. The summed E-state index contributed by atoms with van der Waals surface area (Å²) in [6, 6.07) is 7.69. The monoisotopic (exact) mass is 377 g/mol. The highest BCUT2D eigenvalue weighted by molar-refractivity contribution is 7.10. The van der Waals surface area contributed by atoms with Crippen molar-refractivity contribution in [1.29, 1.82) is 5.41 Å². The number of hydrogen-bond donors (Lipinski definition) is 3. The highest BCUT2D eigenvalue weighted by atomic mass is 35.5. The van der Waals surface area contributed by atoms with Crippen LogP contribution in [0.3, 0.4) is 0 Å². The van der Waals surface area contributed by atoms with Crippen LogP contribution in [0.2, 0.25) is 5.02 Å². The van der Waals surface area contributed by atoms with Gasteiger partial charge in [0, 0.05) is 9.90 Å². The van der Waals surface area contributed by atoms with Gasteiger partial charge in [0.05, 0.1) is 18.1 Å². The van der Waals surface area contributed by atoms with E-state index >= 15 is 0 Å². The van der Waals surface area contributed by atoms with Gasteiger partial charge >= 0.3 is 0 Å². The van der Waals surface area contributed by atoms with Crippen LogP contribution in [0.15, 0.2) is 29.6 Å². The van der Waals surface area contributed by atoms with Crippen molar-refractivity contribution in [3.05, 3.63) is 39.5 Å². The fourth-order valence-corrected chi connectivity index (χ4v) is 4.11. The van der Waals surface area contributed by atoms with Crippen molar-refractivity contribution in [3.63, 3.8) is 0 Å². The fourth-order valence-electron chi connectivity index (χ4n) is 2.85. The highest BCUT2D eigenvalue weighted by Crippen LogP contribution is 2.37. The summed E-state index contributed by atoms with van der Waals surface area (Å²) in [4.78, 5) is 12.8. The maximum absolute atomic E-state index is 11.8. The van der Waals surface area contributed by atoms with Gasteiger partial charge in [0.15, 0.2) is 5.96 Å². The Morgan fingerprint density at radius 1 is 1.28 bits per heavy atom. The number of nitrogens with one attached hydrogen (secondary N) is 3. The Morgan fingerprint density at radius 2 is 2.04 bits per heavy atom. The summed E-state index contributed by atoms with van der Waals surface area (Å²) in [7, 11) is 0. The van der Waals surface area contributed by atoms with Crippen molar-refractivity contribution in [2.24, 2.45) is 0 Å². The molecule has 1 aliphatic rings. The van der Waals surface area contributed by atoms with Crippen molar-refractivity contribution in [3.8, 4) is 16.9 Å². The molecule has 0 radical (unpaired) electrons. The summed E-state index contributed by atoms with van der Waals surface area (Å²) < 4.78 is 5.75. The van der Waals surface area contributed by atoms with Gasteiger partial charge in [-0.3, -0.25) is 15.5 Å². The van der Waals surface area contributed by atoms with Crippen LogP contribution in [0.1, 0.15) is 32.1 Å². The van der Waals surface area contributed by atoms with E-state index in [1.165, 1.54) is 0 Å². The molecule has 0 bridgehead atoms. The standard InChI is InChI=1S/C18H20ClN3O2S/c1-10(2)24-14-5-11(4-13(19)7-14)12-6-15(25-9-12)18(3)8-16(23)21-17(20)22-18/h4-7,9-10H,8H2,1-3H3,(H3,20,21,22,23)/t18-/m0/s1. The molecule has 0 unspecified atom stereocenters. The Kier molecular flexibility index (Phi) is 4.75. The molecule has 2 aromatic rings. The molecule has 3 N–H and O–H groups in total. The smallest absolute Gasteiger partial charge is 0.229 e. The number of thiophene rings is 1. The minimum absolute atomic E-state index is 0.0316. The summed E-state index contributed by atoms with van der Waals surface area (Å²) in [5, 5.41) is 15.9. The topological polar surface area (TPSA) is 74.2 Å². The molecule has 0 spiro atoms. The van der Waals surface area contributed by atoms with Gasteiger partial charge in [-0.2, -0.15) is 0 Å². The third kappa shape index (κ3) is 3.96. The van der Waals surface area contributed by atoms with Gasteiger partial charge in [-0.1, -0.05) is 11.6 Å². The Hall–Kier alpha value is -2.05. The lowest BCUT2D eigenvalue weighted by molar-refractivity contribution is -0.121.